The van der Waals surface area contributed by atoms with Gasteiger partial charge in [-0.25, -0.2) is 0 Å². The highest BCUT2D eigenvalue weighted by Crippen LogP contribution is 2.17. The first-order valence-electron chi connectivity index (χ1n) is 6.09. The molecule has 0 bridgehead atoms. The van der Waals surface area contributed by atoms with E-state index in [4.69, 9.17) is 5.11 Å². The van der Waals surface area contributed by atoms with Gasteiger partial charge in [0.15, 0.2) is 0 Å². The van der Waals surface area contributed by atoms with E-state index >= 15 is 0 Å². The van der Waals surface area contributed by atoms with Gasteiger partial charge in [0.25, 0.3) is 0 Å². The van der Waals surface area contributed by atoms with Crippen LogP contribution in [0.15, 0.2) is 24.3 Å². The zero-order valence-corrected chi connectivity index (χ0v) is 10.6. The Morgan fingerprint density at radius 1 is 1.18 bits per heavy atom. The number of anilines is 2. The summed E-state index contributed by atoms with van der Waals surface area (Å²) in [6.45, 7) is 6.39. The fourth-order valence-corrected chi connectivity index (χ4v) is 1.68. The molecule has 4 nitrogen and oxygen atoms in total. The van der Waals surface area contributed by atoms with Crippen LogP contribution in [0.4, 0.5) is 11.4 Å². The predicted octanol–water partition coefficient (Wildman–Crippen LogP) is 1.30. The second kappa shape index (κ2) is 7.14. The van der Waals surface area contributed by atoms with Gasteiger partial charge in [-0.15, -0.1) is 0 Å². The van der Waals surface area contributed by atoms with Crippen molar-refractivity contribution in [2.75, 3.05) is 36.5 Å². The van der Waals surface area contributed by atoms with E-state index in [1.807, 2.05) is 12.1 Å². The first-order valence-corrected chi connectivity index (χ1v) is 6.09. The van der Waals surface area contributed by atoms with Crippen LogP contribution in [-0.2, 0) is 0 Å². The third kappa shape index (κ3) is 4.24. The first-order chi connectivity index (χ1) is 8.21. The Morgan fingerprint density at radius 2 is 1.76 bits per heavy atom. The first kappa shape index (κ1) is 13.8. The van der Waals surface area contributed by atoms with Gasteiger partial charge in [-0.1, -0.05) is 0 Å². The van der Waals surface area contributed by atoms with Crippen LogP contribution in [0.25, 0.3) is 0 Å². The number of benzene rings is 1. The molecule has 4 heteroatoms. The van der Waals surface area contributed by atoms with Crippen molar-refractivity contribution in [2.45, 2.75) is 20.0 Å². The summed E-state index contributed by atoms with van der Waals surface area (Å²) in [6.07, 6.45) is -0.711. The quantitative estimate of drug-likeness (QED) is 0.670. The summed E-state index contributed by atoms with van der Waals surface area (Å²) in [7, 11) is 0. The zero-order valence-electron chi connectivity index (χ0n) is 10.6. The van der Waals surface area contributed by atoms with E-state index in [9.17, 15) is 5.11 Å². The van der Waals surface area contributed by atoms with Crippen LogP contribution in [-0.4, -0.2) is 42.6 Å². The second-order valence-electron chi connectivity index (χ2n) is 3.94. The van der Waals surface area contributed by atoms with Crippen LogP contribution < -0.4 is 10.2 Å². The van der Waals surface area contributed by atoms with Crippen molar-refractivity contribution in [2.24, 2.45) is 0 Å². The summed E-state index contributed by atoms with van der Waals surface area (Å²) in [5, 5.41) is 21.0. The fraction of sp³-hybridized carbons (Fsp3) is 0.538. The Bertz CT molecular complexity index is 310. The normalized spacial score (nSPS) is 12.2. The number of hydrogen-bond acceptors (Lipinski definition) is 4. The summed E-state index contributed by atoms with van der Waals surface area (Å²) >= 11 is 0. The molecule has 0 fully saturated rings. The molecule has 1 unspecified atom stereocenters. The van der Waals surface area contributed by atoms with Gasteiger partial charge in [0.05, 0.1) is 12.7 Å². The van der Waals surface area contributed by atoms with Crippen LogP contribution in [0.1, 0.15) is 13.8 Å². The minimum Gasteiger partial charge on any atom is -0.394 e. The molecule has 1 aromatic rings. The molecular formula is C13H22N2O2. The molecule has 0 saturated carbocycles. The maximum Gasteiger partial charge on any atom is 0.0942 e. The highest BCUT2D eigenvalue weighted by molar-refractivity contribution is 5.55. The summed E-state index contributed by atoms with van der Waals surface area (Å²) in [5.41, 5.74) is 2.15. The molecule has 1 atom stereocenters. The SMILES string of the molecule is CCN(CC)c1ccc(NCC(O)CO)cc1. The lowest BCUT2D eigenvalue weighted by Crippen LogP contribution is -2.23. The fourth-order valence-electron chi connectivity index (χ4n) is 1.68. The lowest BCUT2D eigenvalue weighted by Gasteiger charge is -2.21. The number of nitrogens with zero attached hydrogens (tertiary/aromatic N) is 1. The van der Waals surface area contributed by atoms with Gasteiger partial charge in [-0.3, -0.25) is 0 Å². The largest absolute Gasteiger partial charge is 0.394 e. The molecule has 1 aromatic carbocycles. The third-order valence-electron chi connectivity index (χ3n) is 2.75. The molecular weight excluding hydrogens is 216 g/mol. The molecule has 0 aliphatic rings. The van der Waals surface area contributed by atoms with Gasteiger partial charge in [-0.2, -0.15) is 0 Å². The van der Waals surface area contributed by atoms with Crippen molar-refractivity contribution < 1.29 is 10.2 Å². The average Bonchev–Trinajstić information content (AvgIpc) is 2.38. The van der Waals surface area contributed by atoms with E-state index in [0.29, 0.717) is 6.54 Å². The topological polar surface area (TPSA) is 55.7 Å². The Morgan fingerprint density at radius 3 is 2.24 bits per heavy atom. The van der Waals surface area contributed by atoms with E-state index in [1.165, 1.54) is 5.69 Å². The molecule has 0 saturated heterocycles. The zero-order chi connectivity index (χ0) is 12.7. The van der Waals surface area contributed by atoms with Crippen LogP contribution in [0, 0.1) is 0 Å². The number of aliphatic hydroxyl groups is 2. The molecule has 1 rings (SSSR count). The maximum absolute atomic E-state index is 9.22. The van der Waals surface area contributed by atoms with E-state index in [1.54, 1.807) is 0 Å². The van der Waals surface area contributed by atoms with E-state index in [0.717, 1.165) is 18.8 Å². The summed E-state index contributed by atoms with van der Waals surface area (Å²) in [6, 6.07) is 8.08. The van der Waals surface area contributed by atoms with Gasteiger partial charge in [0, 0.05) is 31.0 Å². The number of nitrogens with one attached hydrogen (secondary N) is 1. The highest BCUT2D eigenvalue weighted by atomic mass is 16.3. The predicted molar refractivity (Wildman–Crippen MR) is 71.6 cm³/mol. The molecule has 0 amide bonds. The van der Waals surface area contributed by atoms with Gasteiger partial charge in [0.1, 0.15) is 0 Å². The lowest BCUT2D eigenvalue weighted by molar-refractivity contribution is 0.105. The monoisotopic (exact) mass is 238 g/mol. The highest BCUT2D eigenvalue weighted by Gasteiger charge is 2.03. The van der Waals surface area contributed by atoms with Crippen molar-refractivity contribution in [3.05, 3.63) is 24.3 Å². The second-order valence-corrected chi connectivity index (χ2v) is 3.94. The Labute approximate surface area is 103 Å². The van der Waals surface area contributed by atoms with E-state index in [2.05, 4.69) is 36.2 Å². The molecule has 0 heterocycles. The Hall–Kier alpha value is -1.26. The van der Waals surface area contributed by atoms with Gasteiger partial charge < -0.3 is 20.4 Å². The summed E-state index contributed by atoms with van der Waals surface area (Å²) in [5.74, 6) is 0. The summed E-state index contributed by atoms with van der Waals surface area (Å²) < 4.78 is 0. The van der Waals surface area contributed by atoms with Crippen LogP contribution in [0.3, 0.4) is 0 Å². The number of hydrogen-bond donors (Lipinski definition) is 3. The average molecular weight is 238 g/mol. The van der Waals surface area contributed by atoms with Crippen LogP contribution in [0.5, 0.6) is 0 Å². The van der Waals surface area contributed by atoms with E-state index < -0.39 is 6.10 Å². The molecule has 96 valence electrons. The minimum absolute atomic E-state index is 0.218. The molecule has 0 aromatic heterocycles. The van der Waals surface area contributed by atoms with Crippen LogP contribution >= 0.6 is 0 Å². The number of rotatable bonds is 7. The van der Waals surface area contributed by atoms with Crippen molar-refractivity contribution in [3.63, 3.8) is 0 Å². The van der Waals surface area contributed by atoms with Gasteiger partial charge in [-0.05, 0) is 38.1 Å². The standard InChI is InChI=1S/C13H22N2O2/c1-3-15(4-2)12-7-5-11(6-8-12)14-9-13(17)10-16/h5-8,13-14,16-17H,3-4,9-10H2,1-2H3. The van der Waals surface area contributed by atoms with Crippen molar-refractivity contribution in [3.8, 4) is 0 Å². The number of aliphatic hydroxyl groups excluding tert-OH is 2. The smallest absolute Gasteiger partial charge is 0.0942 e. The van der Waals surface area contributed by atoms with Crippen molar-refractivity contribution in [1.29, 1.82) is 0 Å². The Balaban J connectivity index is 2.55. The lowest BCUT2D eigenvalue weighted by atomic mass is 10.2. The minimum atomic E-state index is -0.711. The van der Waals surface area contributed by atoms with E-state index in [-0.39, 0.29) is 6.61 Å². The van der Waals surface area contributed by atoms with Crippen LogP contribution in [0.2, 0.25) is 0 Å². The molecule has 3 N–H and O–H groups in total. The molecule has 17 heavy (non-hydrogen) atoms. The Kier molecular flexibility index (Phi) is 5.80. The third-order valence-corrected chi connectivity index (χ3v) is 2.75. The molecule has 0 aliphatic heterocycles. The van der Waals surface area contributed by atoms with Crippen molar-refractivity contribution >= 4 is 11.4 Å². The van der Waals surface area contributed by atoms with Gasteiger partial charge >= 0.3 is 0 Å². The molecule has 0 radical (unpaired) electrons. The summed E-state index contributed by atoms with van der Waals surface area (Å²) in [4.78, 5) is 2.27. The molecule has 0 aliphatic carbocycles. The van der Waals surface area contributed by atoms with Crippen molar-refractivity contribution in [1.82, 2.24) is 0 Å². The molecule has 0 spiro atoms. The maximum atomic E-state index is 9.22. The van der Waals surface area contributed by atoms with Gasteiger partial charge in [0.2, 0.25) is 0 Å².